The maximum Gasteiger partial charge on any atom is 0.262 e. The van der Waals surface area contributed by atoms with Crippen molar-refractivity contribution in [2.45, 2.75) is 52.9 Å². The van der Waals surface area contributed by atoms with Gasteiger partial charge in [-0.3, -0.25) is 4.79 Å². The Kier molecular flexibility index (Phi) is 6.63. The van der Waals surface area contributed by atoms with E-state index in [0.29, 0.717) is 11.8 Å². The number of rotatable bonds is 7. The first-order valence-corrected chi connectivity index (χ1v) is 9.06. The minimum absolute atomic E-state index is 0.0110. The van der Waals surface area contributed by atoms with E-state index in [0.717, 1.165) is 29.0 Å². The Bertz CT molecular complexity index is 693. The summed E-state index contributed by atoms with van der Waals surface area (Å²) in [5.74, 6) is 1.29. The molecule has 0 heterocycles. The molecule has 3 nitrogen and oxygen atoms in total. The molecule has 0 aliphatic rings. The monoisotopic (exact) mass is 339 g/mol. The molecular weight excluding hydrogens is 310 g/mol. The van der Waals surface area contributed by atoms with E-state index >= 15 is 0 Å². The second-order valence-corrected chi connectivity index (χ2v) is 6.96. The normalized spacial score (nSPS) is 11.0. The van der Waals surface area contributed by atoms with Gasteiger partial charge in [-0.1, -0.05) is 65.0 Å². The fourth-order valence-corrected chi connectivity index (χ4v) is 2.87. The highest BCUT2D eigenvalue weighted by Crippen LogP contribution is 2.32. The van der Waals surface area contributed by atoms with Crippen LogP contribution < -0.4 is 10.1 Å². The van der Waals surface area contributed by atoms with Crippen LogP contribution in [0.2, 0.25) is 0 Å². The summed E-state index contributed by atoms with van der Waals surface area (Å²) in [5.41, 5.74) is 4.45. The molecule has 1 N–H and O–H groups in total. The van der Waals surface area contributed by atoms with Crippen LogP contribution in [0.15, 0.2) is 42.5 Å². The molecule has 0 aliphatic heterocycles. The van der Waals surface area contributed by atoms with Crippen molar-refractivity contribution in [1.29, 1.82) is 0 Å². The van der Waals surface area contributed by atoms with Gasteiger partial charge < -0.3 is 10.1 Å². The number of ether oxygens (including phenoxy) is 1. The lowest BCUT2D eigenvalue weighted by Crippen LogP contribution is -2.22. The first kappa shape index (κ1) is 19.0. The fourth-order valence-electron chi connectivity index (χ4n) is 2.87. The van der Waals surface area contributed by atoms with Crippen LogP contribution in [0, 0.1) is 0 Å². The topological polar surface area (TPSA) is 38.3 Å². The molecule has 2 aromatic carbocycles. The second-order valence-electron chi connectivity index (χ2n) is 6.96. The molecule has 0 aromatic heterocycles. The number of para-hydroxylation sites is 1. The van der Waals surface area contributed by atoms with Crippen molar-refractivity contribution in [1.82, 2.24) is 0 Å². The van der Waals surface area contributed by atoms with Gasteiger partial charge in [-0.15, -0.1) is 0 Å². The van der Waals surface area contributed by atoms with E-state index in [9.17, 15) is 4.79 Å². The molecule has 0 spiro atoms. The Morgan fingerprint density at radius 3 is 2.16 bits per heavy atom. The van der Waals surface area contributed by atoms with Gasteiger partial charge in [0.25, 0.3) is 5.91 Å². The second kappa shape index (κ2) is 8.70. The molecule has 1 amide bonds. The van der Waals surface area contributed by atoms with Crippen molar-refractivity contribution in [2.75, 3.05) is 11.9 Å². The van der Waals surface area contributed by atoms with Gasteiger partial charge in [0.2, 0.25) is 0 Å². The fraction of sp³-hybridized carbons (Fsp3) is 0.409. The summed E-state index contributed by atoms with van der Waals surface area (Å²) in [6.07, 6.45) is 0.947. The highest BCUT2D eigenvalue weighted by atomic mass is 16.5. The first-order chi connectivity index (χ1) is 11.9. The number of aryl methyl sites for hydroxylation is 1. The summed E-state index contributed by atoms with van der Waals surface area (Å²) in [7, 11) is 0. The number of hydrogen-bond acceptors (Lipinski definition) is 2. The van der Waals surface area contributed by atoms with E-state index in [1.807, 2.05) is 18.2 Å². The number of nitrogens with one attached hydrogen (secondary N) is 1. The summed E-state index contributed by atoms with van der Waals surface area (Å²) < 4.78 is 5.67. The maximum atomic E-state index is 12.5. The van der Waals surface area contributed by atoms with Crippen molar-refractivity contribution in [2.24, 2.45) is 0 Å². The summed E-state index contributed by atoms with van der Waals surface area (Å²) in [6, 6.07) is 14.1. The summed E-state index contributed by atoms with van der Waals surface area (Å²) in [4.78, 5) is 12.5. The molecule has 25 heavy (non-hydrogen) atoms. The molecule has 2 rings (SSSR count). The zero-order valence-corrected chi connectivity index (χ0v) is 15.9. The van der Waals surface area contributed by atoms with Gasteiger partial charge >= 0.3 is 0 Å². The van der Waals surface area contributed by atoms with Gasteiger partial charge in [-0.05, 0) is 47.1 Å². The van der Waals surface area contributed by atoms with Crippen LogP contribution in [0.4, 0.5) is 5.69 Å². The van der Waals surface area contributed by atoms with E-state index < -0.39 is 0 Å². The molecule has 134 valence electrons. The third kappa shape index (κ3) is 5.09. The average Bonchev–Trinajstić information content (AvgIpc) is 2.60. The molecule has 0 fully saturated rings. The highest BCUT2D eigenvalue weighted by molar-refractivity contribution is 5.93. The van der Waals surface area contributed by atoms with Crippen molar-refractivity contribution in [3.05, 3.63) is 59.2 Å². The minimum atomic E-state index is -0.128. The number of carbonyl (C=O) groups excluding carboxylic acids is 1. The van der Waals surface area contributed by atoms with Crippen LogP contribution in [-0.2, 0) is 11.2 Å². The van der Waals surface area contributed by atoms with Crippen molar-refractivity contribution >= 4 is 11.6 Å². The molecule has 0 radical (unpaired) electrons. The zero-order chi connectivity index (χ0) is 18.4. The van der Waals surface area contributed by atoms with Gasteiger partial charge in [0.05, 0.1) is 0 Å². The van der Waals surface area contributed by atoms with E-state index in [1.165, 1.54) is 5.56 Å². The van der Waals surface area contributed by atoms with Crippen molar-refractivity contribution in [3.63, 3.8) is 0 Å². The number of anilines is 1. The number of amides is 1. The lowest BCUT2D eigenvalue weighted by Gasteiger charge is -2.20. The highest BCUT2D eigenvalue weighted by Gasteiger charge is 2.16. The number of hydrogen-bond donors (Lipinski definition) is 1. The van der Waals surface area contributed by atoms with E-state index in [4.69, 9.17) is 4.74 Å². The molecular formula is C22H29NO2. The van der Waals surface area contributed by atoms with Gasteiger partial charge in [-0.2, -0.15) is 0 Å². The number of benzene rings is 2. The molecule has 0 saturated heterocycles. The lowest BCUT2D eigenvalue weighted by molar-refractivity contribution is -0.118. The molecule has 3 heteroatoms. The Morgan fingerprint density at radius 2 is 1.60 bits per heavy atom. The Labute approximate surface area is 151 Å². The van der Waals surface area contributed by atoms with Gasteiger partial charge in [0.1, 0.15) is 5.75 Å². The third-order valence-corrected chi connectivity index (χ3v) is 4.31. The summed E-state index contributed by atoms with van der Waals surface area (Å²) in [5, 5.41) is 3.08. The van der Waals surface area contributed by atoms with Crippen LogP contribution in [0.25, 0.3) is 0 Å². The van der Waals surface area contributed by atoms with Crippen LogP contribution >= 0.6 is 0 Å². The van der Waals surface area contributed by atoms with Crippen LogP contribution in [-0.4, -0.2) is 12.5 Å². The quantitative estimate of drug-likeness (QED) is 0.722. The lowest BCUT2D eigenvalue weighted by atomic mass is 9.92. The Hall–Kier alpha value is -2.29. The van der Waals surface area contributed by atoms with Crippen LogP contribution in [0.3, 0.4) is 0 Å². The predicted octanol–water partition coefficient (Wildman–Crippen LogP) is 5.51. The van der Waals surface area contributed by atoms with E-state index in [2.05, 4.69) is 64.2 Å². The first-order valence-electron chi connectivity index (χ1n) is 9.06. The van der Waals surface area contributed by atoms with Crippen molar-refractivity contribution in [3.8, 4) is 5.75 Å². The minimum Gasteiger partial charge on any atom is -0.484 e. The molecule has 0 bridgehead atoms. The van der Waals surface area contributed by atoms with Crippen molar-refractivity contribution < 1.29 is 9.53 Å². The molecule has 0 aliphatic carbocycles. The standard InChI is InChI=1S/C22H29NO2/c1-6-17-9-7-10-18(13-17)25-14-21(24)23-22-19(15(2)3)11-8-12-20(22)16(4)5/h7-13,15-16H,6,14H2,1-5H3,(H,23,24). The van der Waals surface area contributed by atoms with Gasteiger partial charge in [0.15, 0.2) is 6.61 Å². The van der Waals surface area contributed by atoms with E-state index in [-0.39, 0.29) is 12.5 Å². The Balaban J connectivity index is 2.12. The molecule has 0 unspecified atom stereocenters. The van der Waals surface area contributed by atoms with Gasteiger partial charge in [0, 0.05) is 5.69 Å². The largest absolute Gasteiger partial charge is 0.484 e. The predicted molar refractivity (Wildman–Crippen MR) is 105 cm³/mol. The Morgan fingerprint density at radius 1 is 1.00 bits per heavy atom. The SMILES string of the molecule is CCc1cccc(OCC(=O)Nc2c(C(C)C)cccc2C(C)C)c1. The smallest absolute Gasteiger partial charge is 0.262 e. The molecule has 0 saturated carbocycles. The van der Waals surface area contributed by atoms with Gasteiger partial charge in [-0.25, -0.2) is 0 Å². The average molecular weight is 339 g/mol. The molecule has 2 aromatic rings. The summed E-state index contributed by atoms with van der Waals surface area (Å²) >= 11 is 0. The summed E-state index contributed by atoms with van der Waals surface area (Å²) in [6.45, 7) is 10.7. The van der Waals surface area contributed by atoms with Crippen LogP contribution in [0.5, 0.6) is 5.75 Å². The third-order valence-electron chi connectivity index (χ3n) is 4.31. The number of carbonyl (C=O) groups is 1. The van der Waals surface area contributed by atoms with E-state index in [1.54, 1.807) is 0 Å². The zero-order valence-electron chi connectivity index (χ0n) is 15.9. The molecule has 0 atom stereocenters. The maximum absolute atomic E-state index is 12.5. The van der Waals surface area contributed by atoms with Crippen LogP contribution in [0.1, 0.15) is 63.1 Å².